The highest BCUT2D eigenvalue weighted by atomic mass is 32.1. The van der Waals surface area contributed by atoms with Gasteiger partial charge in [0.2, 0.25) is 0 Å². The van der Waals surface area contributed by atoms with Crippen LogP contribution in [0.3, 0.4) is 0 Å². The van der Waals surface area contributed by atoms with E-state index >= 15 is 0 Å². The van der Waals surface area contributed by atoms with E-state index < -0.39 is 0 Å². The van der Waals surface area contributed by atoms with Crippen LogP contribution in [0.1, 0.15) is 23.0 Å². The molecule has 1 aromatic carbocycles. The second-order valence-corrected chi connectivity index (χ2v) is 9.01. The molecule has 2 aromatic heterocycles. The Balaban J connectivity index is 1.59. The van der Waals surface area contributed by atoms with Gasteiger partial charge >= 0.3 is 6.03 Å². The molecule has 4 rings (SSSR count). The molecule has 8 heteroatoms. The third-order valence-corrected chi connectivity index (χ3v) is 6.69. The maximum Gasteiger partial charge on any atom is 0.319 e. The standard InChI is InChI=1S/C23H28N4O3S/c1-16-14-25(9-10-26(16)23(29)24(2)3)21(28)20-13-18-8-11-31-22(18)27(20)15-17-6-5-7-19(12-17)30-4/h5-8,11-13,16H,9-10,14-15H2,1-4H3. The number of piperazine rings is 1. The molecule has 1 aliphatic rings. The van der Waals surface area contributed by atoms with Crippen molar-refractivity contribution in [1.82, 2.24) is 19.3 Å². The summed E-state index contributed by atoms with van der Waals surface area (Å²) in [7, 11) is 5.17. The number of aromatic nitrogens is 1. The minimum absolute atomic E-state index is 0.00935. The van der Waals surface area contributed by atoms with E-state index in [0.29, 0.717) is 31.9 Å². The van der Waals surface area contributed by atoms with Gasteiger partial charge in [0.15, 0.2) is 0 Å². The minimum Gasteiger partial charge on any atom is -0.497 e. The fraction of sp³-hybridized carbons (Fsp3) is 0.391. The van der Waals surface area contributed by atoms with Crippen LogP contribution in [-0.2, 0) is 6.54 Å². The fourth-order valence-electron chi connectivity index (χ4n) is 4.11. The second-order valence-electron chi connectivity index (χ2n) is 8.12. The molecule has 0 radical (unpaired) electrons. The van der Waals surface area contributed by atoms with Gasteiger partial charge in [0.05, 0.1) is 7.11 Å². The number of nitrogens with zero attached hydrogens (tertiary/aromatic N) is 4. The molecule has 0 saturated carbocycles. The predicted molar refractivity (Wildman–Crippen MR) is 123 cm³/mol. The van der Waals surface area contributed by atoms with Gasteiger partial charge in [-0.25, -0.2) is 4.79 Å². The van der Waals surface area contributed by atoms with E-state index in [-0.39, 0.29) is 18.0 Å². The zero-order valence-electron chi connectivity index (χ0n) is 18.4. The van der Waals surface area contributed by atoms with Crippen molar-refractivity contribution in [3.05, 3.63) is 53.0 Å². The molecule has 0 N–H and O–H groups in total. The highest BCUT2D eigenvalue weighted by molar-refractivity contribution is 7.16. The number of amides is 3. The zero-order chi connectivity index (χ0) is 22.1. The van der Waals surface area contributed by atoms with Crippen LogP contribution in [0.5, 0.6) is 5.75 Å². The lowest BCUT2D eigenvalue weighted by atomic mass is 10.1. The molecular weight excluding hydrogens is 412 g/mol. The highest BCUT2D eigenvalue weighted by Crippen LogP contribution is 2.28. The first-order valence-corrected chi connectivity index (χ1v) is 11.2. The largest absolute Gasteiger partial charge is 0.497 e. The molecule has 3 amide bonds. The molecule has 3 aromatic rings. The van der Waals surface area contributed by atoms with Gasteiger partial charge in [-0.2, -0.15) is 0 Å². The van der Waals surface area contributed by atoms with E-state index in [1.807, 2.05) is 47.1 Å². The third-order valence-electron chi connectivity index (χ3n) is 5.74. The number of ether oxygens (including phenoxy) is 1. The lowest BCUT2D eigenvalue weighted by Gasteiger charge is -2.40. The number of carbonyl (C=O) groups excluding carboxylic acids is 2. The summed E-state index contributed by atoms with van der Waals surface area (Å²) in [6, 6.07) is 11.9. The molecule has 1 saturated heterocycles. The Morgan fingerprint density at radius 3 is 2.71 bits per heavy atom. The number of carbonyl (C=O) groups is 2. The SMILES string of the molecule is COc1cccc(Cn2c(C(=O)N3CCN(C(=O)N(C)C)C(C)C3)cc3ccsc32)c1. The second kappa shape index (κ2) is 8.63. The van der Waals surface area contributed by atoms with Crippen molar-refractivity contribution >= 4 is 33.5 Å². The molecule has 0 spiro atoms. The Bertz CT molecular complexity index is 1100. The highest BCUT2D eigenvalue weighted by Gasteiger charge is 2.32. The third kappa shape index (κ3) is 4.12. The Morgan fingerprint density at radius 2 is 2.00 bits per heavy atom. The van der Waals surface area contributed by atoms with Crippen molar-refractivity contribution in [1.29, 1.82) is 0 Å². The van der Waals surface area contributed by atoms with E-state index in [0.717, 1.165) is 21.5 Å². The summed E-state index contributed by atoms with van der Waals surface area (Å²) >= 11 is 1.64. The summed E-state index contributed by atoms with van der Waals surface area (Å²) < 4.78 is 7.46. The van der Waals surface area contributed by atoms with Crippen LogP contribution in [0, 0.1) is 0 Å². The van der Waals surface area contributed by atoms with Crippen LogP contribution in [0.2, 0.25) is 0 Å². The van der Waals surface area contributed by atoms with Crippen molar-refractivity contribution < 1.29 is 14.3 Å². The van der Waals surface area contributed by atoms with Crippen LogP contribution >= 0.6 is 11.3 Å². The molecular formula is C23H28N4O3S. The van der Waals surface area contributed by atoms with Gasteiger partial charge in [0, 0.05) is 51.7 Å². The Labute approximate surface area is 186 Å². The fourth-order valence-corrected chi connectivity index (χ4v) is 5.00. The molecule has 1 aliphatic heterocycles. The molecule has 0 bridgehead atoms. The predicted octanol–water partition coefficient (Wildman–Crippen LogP) is 3.59. The van der Waals surface area contributed by atoms with Gasteiger partial charge in [-0.3, -0.25) is 4.79 Å². The number of urea groups is 1. The van der Waals surface area contributed by atoms with Gasteiger partial charge in [-0.15, -0.1) is 11.3 Å². The lowest BCUT2D eigenvalue weighted by molar-refractivity contribution is 0.0543. The topological polar surface area (TPSA) is 58.0 Å². The smallest absolute Gasteiger partial charge is 0.319 e. The molecule has 0 aliphatic carbocycles. The number of fused-ring (bicyclic) bond motifs is 1. The summed E-state index contributed by atoms with van der Waals surface area (Å²) in [4.78, 5) is 32.3. The van der Waals surface area contributed by atoms with E-state index in [1.165, 1.54) is 0 Å². The van der Waals surface area contributed by atoms with Crippen molar-refractivity contribution in [3.8, 4) is 5.75 Å². The monoisotopic (exact) mass is 440 g/mol. The van der Waals surface area contributed by atoms with E-state index in [9.17, 15) is 9.59 Å². The summed E-state index contributed by atoms with van der Waals surface area (Å²) in [5.74, 6) is 0.811. The van der Waals surface area contributed by atoms with E-state index in [1.54, 1.807) is 37.4 Å². The van der Waals surface area contributed by atoms with Crippen molar-refractivity contribution in [2.24, 2.45) is 0 Å². The first-order valence-electron chi connectivity index (χ1n) is 10.4. The number of benzene rings is 1. The minimum atomic E-state index is -0.0319. The maximum absolute atomic E-state index is 13.5. The molecule has 164 valence electrons. The Morgan fingerprint density at radius 1 is 1.19 bits per heavy atom. The first-order chi connectivity index (χ1) is 14.9. The average Bonchev–Trinajstić information content (AvgIpc) is 3.35. The summed E-state index contributed by atoms with van der Waals surface area (Å²) in [5.41, 5.74) is 1.76. The number of thiophene rings is 1. The van der Waals surface area contributed by atoms with Crippen LogP contribution in [0.4, 0.5) is 4.79 Å². The number of hydrogen-bond donors (Lipinski definition) is 0. The molecule has 7 nitrogen and oxygen atoms in total. The van der Waals surface area contributed by atoms with E-state index in [4.69, 9.17) is 4.74 Å². The average molecular weight is 441 g/mol. The van der Waals surface area contributed by atoms with Crippen molar-refractivity contribution in [2.75, 3.05) is 40.8 Å². The zero-order valence-corrected chi connectivity index (χ0v) is 19.2. The first kappa shape index (κ1) is 21.2. The summed E-state index contributed by atoms with van der Waals surface area (Å²) in [6.45, 7) is 4.18. The van der Waals surface area contributed by atoms with Crippen molar-refractivity contribution in [3.63, 3.8) is 0 Å². The van der Waals surface area contributed by atoms with Crippen LogP contribution in [0.15, 0.2) is 41.8 Å². The van der Waals surface area contributed by atoms with Crippen LogP contribution in [-0.4, -0.2) is 78.1 Å². The van der Waals surface area contributed by atoms with Gasteiger partial charge in [-0.1, -0.05) is 12.1 Å². The molecule has 31 heavy (non-hydrogen) atoms. The molecule has 1 unspecified atom stereocenters. The lowest BCUT2D eigenvalue weighted by Crippen LogP contribution is -2.57. The van der Waals surface area contributed by atoms with Crippen molar-refractivity contribution in [2.45, 2.75) is 19.5 Å². The number of rotatable bonds is 4. The molecule has 3 heterocycles. The molecule has 1 fully saturated rings. The van der Waals surface area contributed by atoms with Gasteiger partial charge in [0.1, 0.15) is 16.3 Å². The maximum atomic E-state index is 13.5. The normalized spacial score (nSPS) is 16.6. The van der Waals surface area contributed by atoms with Gasteiger partial charge in [0.25, 0.3) is 5.91 Å². The summed E-state index contributed by atoms with van der Waals surface area (Å²) in [6.07, 6.45) is 0. The number of methoxy groups -OCH3 is 1. The van der Waals surface area contributed by atoms with Crippen LogP contribution in [0.25, 0.3) is 10.2 Å². The molecule has 1 atom stereocenters. The number of hydrogen-bond acceptors (Lipinski definition) is 4. The Hall–Kier alpha value is -3.00. The van der Waals surface area contributed by atoms with E-state index in [2.05, 4.69) is 16.0 Å². The Kier molecular flexibility index (Phi) is 5.91. The quantitative estimate of drug-likeness (QED) is 0.623. The van der Waals surface area contributed by atoms with Gasteiger partial charge < -0.3 is 24.0 Å². The van der Waals surface area contributed by atoms with Crippen LogP contribution < -0.4 is 4.74 Å². The summed E-state index contributed by atoms with van der Waals surface area (Å²) in [5, 5.41) is 3.13. The van der Waals surface area contributed by atoms with Gasteiger partial charge in [-0.05, 0) is 42.1 Å².